The first-order valence-electron chi connectivity index (χ1n) is 12.8. The van der Waals surface area contributed by atoms with Crippen molar-refractivity contribution in [1.29, 1.82) is 0 Å². The van der Waals surface area contributed by atoms with Crippen LogP contribution in [0.1, 0.15) is 69.4 Å². The molecule has 3 heteroatoms. The molecule has 1 aliphatic rings. The smallest absolute Gasteiger partial charge is 0.269 e. The molecule has 1 aliphatic heterocycles. The quantitative estimate of drug-likeness (QED) is 0.296. The lowest BCUT2D eigenvalue weighted by molar-refractivity contribution is -0.137. The van der Waals surface area contributed by atoms with E-state index in [4.69, 9.17) is 0 Å². The van der Waals surface area contributed by atoms with E-state index in [0.717, 1.165) is 16.7 Å². The molecule has 38 heavy (non-hydrogen) atoms. The van der Waals surface area contributed by atoms with Crippen LogP contribution in [0.2, 0.25) is 0 Å². The van der Waals surface area contributed by atoms with Crippen LogP contribution in [-0.2, 0) is 27.0 Å². The number of hydrogen-bond acceptors (Lipinski definition) is 2. The predicted octanol–water partition coefficient (Wildman–Crippen LogP) is 6.55. The lowest BCUT2D eigenvalue weighted by Crippen LogP contribution is -2.31. The van der Waals surface area contributed by atoms with Gasteiger partial charge in [0.2, 0.25) is 0 Å². The second-order valence-corrected chi connectivity index (χ2v) is 11.6. The van der Waals surface area contributed by atoms with Crippen LogP contribution in [0.25, 0.3) is 0 Å². The van der Waals surface area contributed by atoms with Gasteiger partial charge in [-0.05, 0) is 51.8 Å². The second-order valence-electron chi connectivity index (χ2n) is 11.6. The fourth-order valence-corrected chi connectivity index (χ4v) is 4.09. The molecule has 3 aromatic carbocycles. The summed E-state index contributed by atoms with van der Waals surface area (Å²) in [4.78, 5) is 28.0. The maximum absolute atomic E-state index is 13.4. The van der Waals surface area contributed by atoms with E-state index in [1.165, 1.54) is 16.0 Å². The third kappa shape index (κ3) is 6.13. The fraction of sp³-hybridized carbons (Fsp3) is 0.257. The molecule has 0 aliphatic carbocycles. The van der Waals surface area contributed by atoms with E-state index in [1.54, 1.807) is 0 Å². The van der Waals surface area contributed by atoms with E-state index < -0.39 is 11.8 Å². The highest BCUT2D eigenvalue weighted by molar-refractivity contribution is 6.23. The first-order chi connectivity index (χ1) is 17.9. The van der Waals surface area contributed by atoms with Gasteiger partial charge >= 0.3 is 0 Å². The first-order valence-corrected chi connectivity index (χ1v) is 12.8. The molecule has 0 bridgehead atoms. The summed E-state index contributed by atoms with van der Waals surface area (Å²) in [5.74, 6) is 11.3. The molecule has 3 aromatic rings. The highest BCUT2D eigenvalue weighted by Gasteiger charge is 2.37. The van der Waals surface area contributed by atoms with Crippen LogP contribution < -0.4 is 0 Å². The van der Waals surface area contributed by atoms with Crippen LogP contribution in [0.5, 0.6) is 0 Å². The van der Waals surface area contributed by atoms with Gasteiger partial charge in [-0.3, -0.25) is 14.5 Å². The molecule has 0 radical (unpaired) electrons. The topological polar surface area (TPSA) is 37.4 Å². The molecule has 2 amide bonds. The van der Waals surface area contributed by atoms with Crippen molar-refractivity contribution in [3.05, 3.63) is 118 Å². The van der Waals surface area contributed by atoms with Crippen LogP contribution in [0, 0.1) is 23.7 Å². The van der Waals surface area contributed by atoms with E-state index in [2.05, 4.69) is 65.2 Å². The Hall–Kier alpha value is -4.34. The molecule has 0 unspecified atom stereocenters. The van der Waals surface area contributed by atoms with Crippen molar-refractivity contribution in [2.75, 3.05) is 0 Å². The number of amides is 2. The van der Waals surface area contributed by atoms with Crippen molar-refractivity contribution >= 4 is 11.8 Å². The molecule has 0 aromatic heterocycles. The van der Waals surface area contributed by atoms with E-state index in [0.29, 0.717) is 0 Å². The van der Waals surface area contributed by atoms with E-state index in [9.17, 15) is 9.59 Å². The molecule has 190 valence electrons. The van der Waals surface area contributed by atoms with Gasteiger partial charge in [-0.1, -0.05) is 120 Å². The number of nitrogens with zero attached hydrogens (tertiary/aromatic N) is 1. The van der Waals surface area contributed by atoms with Gasteiger partial charge in [0, 0.05) is 11.1 Å². The minimum atomic E-state index is -0.412. The summed E-state index contributed by atoms with van der Waals surface area (Å²) in [6.07, 6.45) is 0. The molecular weight excluding hydrogens is 466 g/mol. The summed E-state index contributed by atoms with van der Waals surface area (Å²) >= 11 is 0. The largest absolute Gasteiger partial charge is 0.271 e. The van der Waals surface area contributed by atoms with Crippen LogP contribution in [0.3, 0.4) is 0 Å². The van der Waals surface area contributed by atoms with Crippen LogP contribution in [-0.4, -0.2) is 16.7 Å². The van der Waals surface area contributed by atoms with Gasteiger partial charge in [-0.2, -0.15) is 0 Å². The molecule has 0 spiro atoms. The molecule has 0 N–H and O–H groups in total. The molecule has 3 nitrogen and oxygen atoms in total. The molecule has 0 atom stereocenters. The number of imide groups is 1. The Morgan fingerprint density at radius 2 is 0.947 bits per heavy atom. The summed E-state index contributed by atoms with van der Waals surface area (Å²) in [6, 6.07) is 25.4. The number of carbonyl (C=O) groups is 2. The van der Waals surface area contributed by atoms with Crippen molar-refractivity contribution in [2.24, 2.45) is 0 Å². The van der Waals surface area contributed by atoms with Crippen LogP contribution in [0.4, 0.5) is 0 Å². The Kier molecular flexibility index (Phi) is 7.43. The second kappa shape index (κ2) is 10.6. The zero-order valence-corrected chi connectivity index (χ0v) is 23.0. The van der Waals surface area contributed by atoms with E-state index in [-0.39, 0.29) is 28.5 Å². The number of benzene rings is 3. The Balaban J connectivity index is 1.70. The zero-order chi connectivity index (χ0) is 27.5. The number of rotatable bonds is 2. The maximum Gasteiger partial charge on any atom is 0.271 e. The van der Waals surface area contributed by atoms with Gasteiger partial charge < -0.3 is 0 Å². The average molecular weight is 500 g/mol. The Labute approximate surface area is 226 Å². The SMILES string of the molecule is CC(C)(C)c1ccc(C#CC2=C(C#Cc3ccc(C(C)(C)C)cc3)C(=O)N(Cc3ccccc3)C2=O)cc1. The molecular formula is C35H33NO2. The number of hydrogen-bond donors (Lipinski definition) is 0. The lowest BCUT2D eigenvalue weighted by Gasteiger charge is -2.18. The molecule has 0 saturated carbocycles. The van der Waals surface area contributed by atoms with Crippen molar-refractivity contribution in [3.63, 3.8) is 0 Å². The summed E-state index contributed by atoms with van der Waals surface area (Å²) in [6.45, 7) is 13.1. The summed E-state index contributed by atoms with van der Waals surface area (Å²) < 4.78 is 0. The Morgan fingerprint density at radius 1 is 0.553 bits per heavy atom. The van der Waals surface area contributed by atoms with Crippen molar-refractivity contribution in [3.8, 4) is 23.7 Å². The summed E-state index contributed by atoms with van der Waals surface area (Å²) in [7, 11) is 0. The fourth-order valence-electron chi connectivity index (χ4n) is 4.09. The lowest BCUT2D eigenvalue weighted by atomic mass is 9.87. The summed E-state index contributed by atoms with van der Waals surface area (Å²) in [5.41, 5.74) is 5.18. The normalized spacial score (nSPS) is 13.7. The highest BCUT2D eigenvalue weighted by atomic mass is 16.2. The monoisotopic (exact) mass is 499 g/mol. The van der Waals surface area contributed by atoms with Crippen molar-refractivity contribution < 1.29 is 9.59 Å². The minimum Gasteiger partial charge on any atom is -0.269 e. The highest BCUT2D eigenvalue weighted by Crippen LogP contribution is 2.25. The van der Waals surface area contributed by atoms with Crippen LogP contribution >= 0.6 is 0 Å². The zero-order valence-electron chi connectivity index (χ0n) is 23.0. The predicted molar refractivity (Wildman–Crippen MR) is 153 cm³/mol. The average Bonchev–Trinajstić information content (AvgIpc) is 3.10. The molecule has 4 rings (SSSR count). The Morgan fingerprint density at radius 3 is 1.32 bits per heavy atom. The molecule has 0 fully saturated rings. The standard InChI is InChI=1S/C35H33NO2/c1-34(2,3)28-18-12-25(13-19-28)16-22-30-31(23-17-26-14-20-29(21-15-26)35(4,5)6)33(38)36(32(30)37)24-27-10-8-7-9-11-27/h7-15,18-21H,24H2,1-6H3. The van der Waals surface area contributed by atoms with Gasteiger partial charge in [0.15, 0.2) is 0 Å². The third-order valence-electron chi connectivity index (χ3n) is 6.52. The van der Waals surface area contributed by atoms with Gasteiger partial charge in [-0.15, -0.1) is 0 Å². The van der Waals surface area contributed by atoms with Gasteiger partial charge in [0.25, 0.3) is 11.8 Å². The van der Waals surface area contributed by atoms with Gasteiger partial charge in [-0.25, -0.2) is 0 Å². The first kappa shape index (κ1) is 26.7. The Bertz CT molecular complexity index is 1410. The van der Waals surface area contributed by atoms with E-state index in [1.807, 2.05) is 78.9 Å². The van der Waals surface area contributed by atoms with Crippen LogP contribution in [0.15, 0.2) is 90.0 Å². The maximum atomic E-state index is 13.4. The van der Waals surface area contributed by atoms with Crippen molar-refractivity contribution in [1.82, 2.24) is 4.90 Å². The molecule has 0 saturated heterocycles. The van der Waals surface area contributed by atoms with Gasteiger partial charge in [0.1, 0.15) is 11.1 Å². The van der Waals surface area contributed by atoms with Gasteiger partial charge in [0.05, 0.1) is 6.54 Å². The molecule has 1 heterocycles. The number of carbonyl (C=O) groups excluding carboxylic acids is 2. The minimum absolute atomic E-state index is 0.0358. The van der Waals surface area contributed by atoms with Crippen molar-refractivity contribution in [2.45, 2.75) is 58.9 Å². The summed E-state index contributed by atoms with van der Waals surface area (Å²) in [5, 5.41) is 0. The van der Waals surface area contributed by atoms with E-state index >= 15 is 0 Å². The third-order valence-corrected chi connectivity index (χ3v) is 6.52.